The van der Waals surface area contributed by atoms with Gasteiger partial charge in [0.25, 0.3) is 0 Å². The Morgan fingerprint density at radius 1 is 1.00 bits per heavy atom. The van der Waals surface area contributed by atoms with Gasteiger partial charge in [0.05, 0.1) is 0 Å². The third-order valence-electron chi connectivity index (χ3n) is 9.71. The molecular formula is C27H52O3Si2. The molecule has 5 atom stereocenters. The number of carbonyl (C=O) groups is 1. The minimum absolute atomic E-state index is 0.0800. The lowest BCUT2D eigenvalue weighted by molar-refractivity contribution is -0.149. The maximum Gasteiger partial charge on any atom is 0.193 e. The van der Waals surface area contributed by atoms with Crippen molar-refractivity contribution in [1.29, 1.82) is 0 Å². The summed E-state index contributed by atoms with van der Waals surface area (Å²) in [5.41, 5.74) is -0.957. The Bertz CT molecular complexity index is 713. The highest BCUT2D eigenvalue weighted by Gasteiger charge is 2.61. The zero-order valence-corrected chi connectivity index (χ0v) is 25.4. The number of hydrogen-bond acceptors (Lipinski definition) is 3. The Labute approximate surface area is 201 Å². The van der Waals surface area contributed by atoms with Crippen LogP contribution in [0.25, 0.3) is 0 Å². The van der Waals surface area contributed by atoms with E-state index in [0.29, 0.717) is 23.7 Å². The highest BCUT2D eigenvalue weighted by molar-refractivity contribution is 6.74. The number of hydrogen-bond donors (Lipinski definition) is 0. The van der Waals surface area contributed by atoms with E-state index >= 15 is 0 Å². The van der Waals surface area contributed by atoms with E-state index in [1.165, 1.54) is 0 Å². The number of aldehydes is 1. The summed E-state index contributed by atoms with van der Waals surface area (Å²) in [7, 11) is -3.88. The number of rotatable bonds is 8. The van der Waals surface area contributed by atoms with E-state index in [2.05, 4.69) is 101 Å². The molecule has 3 nitrogen and oxygen atoms in total. The maximum atomic E-state index is 12.7. The van der Waals surface area contributed by atoms with Crippen LogP contribution in [0.15, 0.2) is 12.2 Å². The van der Waals surface area contributed by atoms with Gasteiger partial charge in [0, 0.05) is 12.0 Å². The van der Waals surface area contributed by atoms with Crippen LogP contribution in [0.1, 0.15) is 75.2 Å². The first kappa shape index (κ1) is 28.0. The SMILES string of the molecule is CC(C)[C@@H](CO[Si](C)(C)C(C)(C)C)[C@@H]1C[C@@]2(C)C=C[C@@H]1C[C@@]2(C=O)O[Si](C)(C)C(C)(C)C. The van der Waals surface area contributed by atoms with E-state index in [1.54, 1.807) is 0 Å². The minimum atomic E-state index is -2.09. The van der Waals surface area contributed by atoms with Crippen LogP contribution in [0.3, 0.4) is 0 Å². The average molecular weight is 481 g/mol. The van der Waals surface area contributed by atoms with Crippen LogP contribution in [0.2, 0.25) is 36.3 Å². The van der Waals surface area contributed by atoms with Crippen LogP contribution >= 0.6 is 0 Å². The molecule has 0 aliphatic heterocycles. The van der Waals surface area contributed by atoms with Gasteiger partial charge in [0.1, 0.15) is 5.60 Å². The Hall–Kier alpha value is -0.236. The van der Waals surface area contributed by atoms with Gasteiger partial charge in [-0.15, -0.1) is 0 Å². The van der Waals surface area contributed by atoms with Crippen LogP contribution < -0.4 is 0 Å². The van der Waals surface area contributed by atoms with Crippen LogP contribution in [-0.2, 0) is 13.6 Å². The smallest absolute Gasteiger partial charge is 0.193 e. The van der Waals surface area contributed by atoms with Crippen molar-refractivity contribution >= 4 is 22.9 Å². The molecule has 5 heteroatoms. The maximum absolute atomic E-state index is 12.7. The second-order valence-corrected chi connectivity index (χ2v) is 23.9. The first-order chi connectivity index (χ1) is 14.2. The molecule has 0 amide bonds. The highest BCUT2D eigenvalue weighted by Crippen LogP contribution is 2.59. The van der Waals surface area contributed by atoms with E-state index in [9.17, 15) is 4.79 Å². The Balaban J connectivity index is 2.31. The summed E-state index contributed by atoms with van der Waals surface area (Å²) in [5, 5.41) is 0.298. The van der Waals surface area contributed by atoms with Crippen LogP contribution in [0, 0.1) is 29.1 Å². The zero-order chi connectivity index (χ0) is 25.0. The molecule has 0 radical (unpaired) electrons. The molecule has 1 saturated carbocycles. The molecule has 0 N–H and O–H groups in total. The summed E-state index contributed by atoms with van der Waals surface area (Å²) in [6.07, 6.45) is 7.68. The monoisotopic (exact) mass is 480 g/mol. The lowest BCUT2D eigenvalue weighted by Gasteiger charge is -2.60. The molecule has 2 bridgehead atoms. The molecule has 0 heterocycles. The van der Waals surface area contributed by atoms with Gasteiger partial charge in [0.2, 0.25) is 0 Å². The third-order valence-corrected chi connectivity index (χ3v) is 18.7. The van der Waals surface area contributed by atoms with Gasteiger partial charge < -0.3 is 13.6 Å². The van der Waals surface area contributed by atoms with Crippen molar-refractivity contribution in [3.05, 3.63) is 12.2 Å². The molecule has 0 unspecified atom stereocenters. The second-order valence-electron chi connectivity index (χ2n) is 14.4. The number of fused-ring (bicyclic) bond motifs is 2. The molecule has 186 valence electrons. The summed E-state index contributed by atoms with van der Waals surface area (Å²) in [6, 6.07) is 0. The predicted molar refractivity (Wildman–Crippen MR) is 142 cm³/mol. The first-order valence-electron chi connectivity index (χ1n) is 12.7. The van der Waals surface area contributed by atoms with Gasteiger partial charge in [-0.05, 0) is 72.8 Å². The molecule has 3 aliphatic rings. The molecule has 3 aliphatic carbocycles. The molecule has 0 saturated heterocycles. The van der Waals surface area contributed by atoms with Crippen molar-refractivity contribution in [2.24, 2.45) is 29.1 Å². The van der Waals surface area contributed by atoms with Crippen molar-refractivity contribution in [2.75, 3.05) is 6.61 Å². The second kappa shape index (κ2) is 8.76. The lowest BCUT2D eigenvalue weighted by atomic mass is 9.51. The first-order valence-corrected chi connectivity index (χ1v) is 18.5. The fourth-order valence-electron chi connectivity index (χ4n) is 5.08. The van der Waals surface area contributed by atoms with E-state index in [0.717, 1.165) is 25.7 Å². The highest BCUT2D eigenvalue weighted by atomic mass is 28.4. The molecule has 0 aromatic carbocycles. The zero-order valence-electron chi connectivity index (χ0n) is 23.4. The van der Waals surface area contributed by atoms with E-state index in [-0.39, 0.29) is 15.5 Å². The molecule has 3 rings (SSSR count). The summed E-state index contributed by atoms with van der Waals surface area (Å²) in [4.78, 5) is 12.7. The molecule has 32 heavy (non-hydrogen) atoms. The Kier molecular flexibility index (Phi) is 7.67. The topological polar surface area (TPSA) is 35.5 Å². The fraction of sp³-hybridized carbons (Fsp3) is 0.889. The van der Waals surface area contributed by atoms with Gasteiger partial charge in [-0.3, -0.25) is 0 Å². The standard InChI is InChI=1S/C27H52O3Si2/c1-20(2)23(18-29-31(10,11)24(3,4)5)22-17-26(9)15-14-21(22)16-27(26,19-28)30-32(12,13)25(6,7)8/h14-15,19-23H,16-18H2,1-13H3/t21-,22-,23-,26-,27+/m1/s1. The fourth-order valence-corrected chi connectivity index (χ4v) is 7.70. The third kappa shape index (κ3) is 5.06. The molecule has 0 spiro atoms. The van der Waals surface area contributed by atoms with E-state index < -0.39 is 22.2 Å². The largest absolute Gasteiger partial charge is 0.417 e. The van der Waals surface area contributed by atoms with Gasteiger partial charge >= 0.3 is 0 Å². The van der Waals surface area contributed by atoms with Crippen LogP contribution in [-0.4, -0.2) is 35.1 Å². The van der Waals surface area contributed by atoms with Crippen molar-refractivity contribution in [3.8, 4) is 0 Å². The van der Waals surface area contributed by atoms with Gasteiger partial charge in [0.15, 0.2) is 22.9 Å². The van der Waals surface area contributed by atoms with Crippen molar-refractivity contribution in [1.82, 2.24) is 0 Å². The lowest BCUT2D eigenvalue weighted by Crippen LogP contribution is -2.63. The quantitative estimate of drug-likeness (QED) is 0.202. The Morgan fingerprint density at radius 2 is 1.53 bits per heavy atom. The van der Waals surface area contributed by atoms with Crippen LogP contribution in [0.4, 0.5) is 0 Å². The van der Waals surface area contributed by atoms with Gasteiger partial charge in [-0.1, -0.05) is 74.5 Å². The average Bonchev–Trinajstić information content (AvgIpc) is 2.60. The molecule has 1 fully saturated rings. The summed E-state index contributed by atoms with van der Waals surface area (Å²) in [5.74, 6) is 1.96. The van der Waals surface area contributed by atoms with Gasteiger partial charge in [-0.25, -0.2) is 0 Å². The molecule has 0 aromatic rings. The normalized spacial score (nSPS) is 32.4. The summed E-state index contributed by atoms with van der Waals surface area (Å²) in [6.45, 7) is 30.7. The van der Waals surface area contributed by atoms with E-state index in [4.69, 9.17) is 8.85 Å². The molecule has 0 aromatic heterocycles. The minimum Gasteiger partial charge on any atom is -0.417 e. The summed E-state index contributed by atoms with van der Waals surface area (Å²) >= 11 is 0. The number of allylic oxidation sites excluding steroid dienone is 1. The summed E-state index contributed by atoms with van der Waals surface area (Å²) < 4.78 is 13.7. The molecular weight excluding hydrogens is 428 g/mol. The number of carbonyl (C=O) groups excluding carboxylic acids is 1. The van der Waals surface area contributed by atoms with Crippen molar-refractivity contribution in [2.45, 2.75) is 117 Å². The van der Waals surface area contributed by atoms with E-state index in [1.807, 2.05) is 0 Å². The van der Waals surface area contributed by atoms with Crippen molar-refractivity contribution in [3.63, 3.8) is 0 Å². The van der Waals surface area contributed by atoms with Gasteiger partial charge in [-0.2, -0.15) is 0 Å². The Morgan fingerprint density at radius 3 is 1.94 bits per heavy atom. The van der Waals surface area contributed by atoms with Crippen molar-refractivity contribution < 1.29 is 13.6 Å². The predicted octanol–water partition coefficient (Wildman–Crippen LogP) is 7.84. The van der Waals surface area contributed by atoms with Crippen LogP contribution in [0.5, 0.6) is 0 Å².